The molecule has 0 saturated carbocycles. The normalized spacial score (nSPS) is 18.6. The first kappa shape index (κ1) is 16.0. The van der Waals surface area contributed by atoms with E-state index >= 15 is 0 Å². The van der Waals surface area contributed by atoms with Crippen molar-refractivity contribution in [2.24, 2.45) is 11.3 Å². The van der Waals surface area contributed by atoms with Crippen molar-refractivity contribution in [3.63, 3.8) is 0 Å². The third-order valence-electron chi connectivity index (χ3n) is 4.63. The molecule has 20 heavy (non-hydrogen) atoms. The Balaban J connectivity index is 1.89. The summed E-state index contributed by atoms with van der Waals surface area (Å²) in [7, 11) is 2.02. The van der Waals surface area contributed by atoms with Gasteiger partial charge in [0.1, 0.15) is 0 Å². The maximum Gasteiger partial charge on any atom is 0.0296 e. The van der Waals surface area contributed by atoms with Crippen molar-refractivity contribution < 1.29 is 0 Å². The molecule has 0 aliphatic carbocycles. The molecule has 0 atom stereocenters. The number of nitrogens with one attached hydrogen (secondary N) is 1. The lowest BCUT2D eigenvalue weighted by Crippen LogP contribution is -2.37. The van der Waals surface area contributed by atoms with E-state index in [0.717, 1.165) is 19.0 Å². The highest BCUT2D eigenvalue weighted by Crippen LogP contribution is 2.35. The van der Waals surface area contributed by atoms with Crippen LogP contribution in [0, 0.1) is 18.3 Å². The summed E-state index contributed by atoms with van der Waals surface area (Å²) in [5.41, 5.74) is 2.01. The van der Waals surface area contributed by atoms with Gasteiger partial charge in [0.15, 0.2) is 0 Å². The van der Waals surface area contributed by atoms with Crippen LogP contribution in [-0.2, 0) is 13.1 Å². The van der Waals surface area contributed by atoms with Gasteiger partial charge < -0.3 is 5.32 Å². The third-order valence-corrected chi connectivity index (χ3v) is 5.72. The molecule has 0 unspecified atom stereocenters. The Labute approximate surface area is 128 Å². The van der Waals surface area contributed by atoms with E-state index in [1.165, 1.54) is 41.2 Å². The van der Waals surface area contributed by atoms with Gasteiger partial charge in [-0.05, 0) is 62.9 Å². The molecule has 3 heteroatoms. The van der Waals surface area contributed by atoms with Gasteiger partial charge in [0.25, 0.3) is 0 Å². The van der Waals surface area contributed by atoms with Crippen LogP contribution < -0.4 is 5.32 Å². The Morgan fingerprint density at radius 3 is 2.50 bits per heavy atom. The summed E-state index contributed by atoms with van der Waals surface area (Å²) in [4.78, 5) is 5.60. The van der Waals surface area contributed by atoms with Crippen molar-refractivity contribution in [3.8, 4) is 0 Å². The SMILES string of the molecule is CNCc1cc(CN2CCC(C(C)(C)C)CC2)c(C)s1. The summed E-state index contributed by atoms with van der Waals surface area (Å²) in [6.45, 7) is 14.1. The van der Waals surface area contributed by atoms with Crippen LogP contribution in [0.25, 0.3) is 0 Å². The first-order chi connectivity index (χ1) is 9.40. The van der Waals surface area contributed by atoms with E-state index in [1.807, 2.05) is 18.4 Å². The van der Waals surface area contributed by atoms with Crippen LogP contribution in [0.4, 0.5) is 0 Å². The smallest absolute Gasteiger partial charge is 0.0296 e. The number of rotatable bonds is 4. The molecular weight excluding hydrogens is 264 g/mol. The molecule has 0 bridgehead atoms. The van der Waals surface area contributed by atoms with E-state index in [2.05, 4.69) is 44.0 Å². The van der Waals surface area contributed by atoms with E-state index in [1.54, 1.807) is 0 Å². The van der Waals surface area contributed by atoms with Crippen molar-refractivity contribution >= 4 is 11.3 Å². The minimum absolute atomic E-state index is 0.477. The molecule has 2 rings (SSSR count). The Morgan fingerprint density at radius 2 is 1.95 bits per heavy atom. The summed E-state index contributed by atoms with van der Waals surface area (Å²) in [6, 6.07) is 2.40. The van der Waals surface area contributed by atoms with Crippen molar-refractivity contribution in [2.45, 2.75) is 53.6 Å². The quantitative estimate of drug-likeness (QED) is 0.902. The minimum atomic E-state index is 0.477. The van der Waals surface area contributed by atoms with Crippen LogP contribution in [0.2, 0.25) is 0 Å². The van der Waals surface area contributed by atoms with Crippen LogP contribution in [0.5, 0.6) is 0 Å². The van der Waals surface area contributed by atoms with E-state index in [9.17, 15) is 0 Å². The van der Waals surface area contributed by atoms with Crippen molar-refractivity contribution in [3.05, 3.63) is 21.4 Å². The third kappa shape index (κ3) is 4.06. The molecule has 1 fully saturated rings. The summed E-state index contributed by atoms with van der Waals surface area (Å²) in [5, 5.41) is 3.25. The van der Waals surface area contributed by atoms with Gasteiger partial charge in [-0.1, -0.05) is 20.8 Å². The van der Waals surface area contributed by atoms with Gasteiger partial charge in [-0.2, -0.15) is 0 Å². The summed E-state index contributed by atoms with van der Waals surface area (Å²) in [5.74, 6) is 0.891. The molecule has 0 radical (unpaired) electrons. The van der Waals surface area contributed by atoms with Gasteiger partial charge in [-0.15, -0.1) is 11.3 Å². The summed E-state index contributed by atoms with van der Waals surface area (Å²) >= 11 is 1.94. The average Bonchev–Trinajstić information content (AvgIpc) is 2.70. The van der Waals surface area contributed by atoms with E-state index < -0.39 is 0 Å². The molecule has 1 aromatic rings. The molecule has 0 spiro atoms. The van der Waals surface area contributed by atoms with Crippen LogP contribution in [0.1, 0.15) is 48.9 Å². The van der Waals surface area contributed by atoms with E-state index in [4.69, 9.17) is 0 Å². The van der Waals surface area contributed by atoms with Gasteiger partial charge in [0.05, 0.1) is 0 Å². The van der Waals surface area contributed by atoms with Crippen LogP contribution in [0.15, 0.2) is 6.07 Å². The molecule has 2 heterocycles. The Hall–Kier alpha value is -0.380. The van der Waals surface area contributed by atoms with Gasteiger partial charge in [0.2, 0.25) is 0 Å². The van der Waals surface area contributed by atoms with Crippen LogP contribution >= 0.6 is 11.3 Å². The zero-order valence-electron chi connectivity index (χ0n) is 13.8. The van der Waals surface area contributed by atoms with Gasteiger partial charge in [-0.3, -0.25) is 4.90 Å². The number of aryl methyl sites for hydroxylation is 1. The molecule has 1 aromatic heterocycles. The van der Waals surface area contributed by atoms with Gasteiger partial charge >= 0.3 is 0 Å². The highest BCUT2D eigenvalue weighted by molar-refractivity contribution is 7.12. The first-order valence-corrected chi connectivity index (χ1v) is 8.67. The fraction of sp³-hybridized carbons (Fsp3) is 0.765. The Morgan fingerprint density at radius 1 is 1.30 bits per heavy atom. The van der Waals surface area contributed by atoms with E-state index in [0.29, 0.717) is 5.41 Å². The molecule has 1 saturated heterocycles. The van der Waals surface area contributed by atoms with Gasteiger partial charge in [-0.25, -0.2) is 0 Å². The second kappa shape index (κ2) is 6.59. The highest BCUT2D eigenvalue weighted by Gasteiger charge is 2.28. The predicted molar refractivity (Wildman–Crippen MR) is 89.3 cm³/mol. The Bertz CT molecular complexity index is 423. The lowest BCUT2D eigenvalue weighted by atomic mass is 9.75. The second-order valence-electron chi connectivity index (χ2n) is 7.24. The monoisotopic (exact) mass is 294 g/mol. The maximum absolute atomic E-state index is 3.25. The average molecular weight is 295 g/mol. The van der Waals surface area contributed by atoms with Gasteiger partial charge in [0, 0.05) is 22.8 Å². The maximum atomic E-state index is 3.25. The van der Waals surface area contributed by atoms with Crippen molar-refractivity contribution in [2.75, 3.05) is 20.1 Å². The number of nitrogens with zero attached hydrogens (tertiary/aromatic N) is 1. The summed E-state index contributed by atoms with van der Waals surface area (Å²) < 4.78 is 0. The zero-order chi connectivity index (χ0) is 14.8. The standard InChI is InChI=1S/C17H30N2S/c1-13-14(10-16(20-13)11-18-5)12-19-8-6-15(7-9-19)17(2,3)4/h10,15,18H,6-9,11-12H2,1-5H3. The summed E-state index contributed by atoms with van der Waals surface area (Å²) in [6.07, 6.45) is 2.71. The predicted octanol–water partition coefficient (Wildman–Crippen LogP) is 4.03. The molecule has 1 N–H and O–H groups in total. The molecule has 114 valence electrons. The Kier molecular flexibility index (Phi) is 5.27. The lowest BCUT2D eigenvalue weighted by molar-refractivity contribution is 0.108. The number of hydrogen-bond acceptors (Lipinski definition) is 3. The molecule has 0 aromatic carbocycles. The van der Waals surface area contributed by atoms with Crippen LogP contribution in [0.3, 0.4) is 0 Å². The minimum Gasteiger partial charge on any atom is -0.315 e. The molecule has 1 aliphatic heterocycles. The zero-order valence-corrected chi connectivity index (χ0v) is 14.6. The molecule has 1 aliphatic rings. The van der Waals surface area contributed by atoms with Crippen molar-refractivity contribution in [1.29, 1.82) is 0 Å². The highest BCUT2D eigenvalue weighted by atomic mass is 32.1. The second-order valence-corrected chi connectivity index (χ2v) is 8.58. The number of hydrogen-bond donors (Lipinski definition) is 1. The fourth-order valence-corrected chi connectivity index (χ4v) is 4.27. The molecular formula is C17H30N2S. The largest absolute Gasteiger partial charge is 0.315 e. The molecule has 0 amide bonds. The van der Waals surface area contributed by atoms with Crippen molar-refractivity contribution in [1.82, 2.24) is 10.2 Å². The number of likely N-dealkylation sites (tertiary alicyclic amines) is 1. The number of thiophene rings is 1. The number of piperidine rings is 1. The van der Waals surface area contributed by atoms with E-state index in [-0.39, 0.29) is 0 Å². The molecule has 2 nitrogen and oxygen atoms in total. The first-order valence-electron chi connectivity index (χ1n) is 7.85. The topological polar surface area (TPSA) is 15.3 Å². The van der Waals surface area contributed by atoms with Crippen LogP contribution in [-0.4, -0.2) is 25.0 Å². The fourth-order valence-electron chi connectivity index (χ4n) is 3.20. The lowest BCUT2D eigenvalue weighted by Gasteiger charge is -2.38.